The molecule has 1 amide bonds. The molecule has 158 valence electrons. The minimum absolute atomic E-state index is 0.103. The van der Waals surface area contributed by atoms with E-state index in [2.05, 4.69) is 4.98 Å². The standard InChI is InChI=1S/C25H18N2O4S/c26-24(29)16-6-8-17(9-7-16)25-27-18(14-32-25)13-30-23(28)12-15-5-10-22-20(11-15)19-3-1-2-4-21(19)31-22/h1-11,14H,12-13H2,(H2,26,29). The van der Waals surface area contributed by atoms with Gasteiger partial charge in [-0.3, -0.25) is 9.59 Å². The fourth-order valence-corrected chi connectivity index (χ4v) is 4.35. The molecule has 0 fully saturated rings. The van der Waals surface area contributed by atoms with Crippen molar-refractivity contribution in [2.45, 2.75) is 13.0 Å². The number of carbonyl (C=O) groups is 2. The Morgan fingerprint density at radius 3 is 2.56 bits per heavy atom. The number of nitrogens with two attached hydrogens (primary N) is 1. The molecule has 0 aliphatic heterocycles. The Balaban J connectivity index is 1.23. The molecule has 0 aliphatic rings. The fraction of sp³-hybridized carbons (Fsp3) is 0.0800. The number of hydrogen-bond acceptors (Lipinski definition) is 6. The molecule has 0 saturated carbocycles. The SMILES string of the molecule is NC(=O)c1ccc(-c2nc(COC(=O)Cc3ccc4oc5ccccc5c4c3)cs2)cc1. The van der Waals surface area contributed by atoms with Gasteiger partial charge in [0.25, 0.3) is 0 Å². The molecule has 0 radical (unpaired) electrons. The highest BCUT2D eigenvalue weighted by atomic mass is 32.1. The van der Waals surface area contributed by atoms with Gasteiger partial charge in [-0.2, -0.15) is 0 Å². The lowest BCUT2D eigenvalue weighted by Gasteiger charge is -2.04. The van der Waals surface area contributed by atoms with E-state index >= 15 is 0 Å². The predicted molar refractivity (Wildman–Crippen MR) is 123 cm³/mol. The summed E-state index contributed by atoms with van der Waals surface area (Å²) in [6.07, 6.45) is 0.168. The smallest absolute Gasteiger partial charge is 0.310 e. The van der Waals surface area contributed by atoms with Crippen molar-refractivity contribution in [2.75, 3.05) is 0 Å². The lowest BCUT2D eigenvalue weighted by molar-refractivity contribution is -0.144. The van der Waals surface area contributed by atoms with Crippen LogP contribution < -0.4 is 5.73 Å². The maximum Gasteiger partial charge on any atom is 0.310 e. The minimum atomic E-state index is -0.469. The molecule has 2 aromatic heterocycles. The molecule has 0 unspecified atom stereocenters. The summed E-state index contributed by atoms with van der Waals surface area (Å²) in [5.74, 6) is -0.791. The fourth-order valence-electron chi connectivity index (χ4n) is 3.54. The second-order valence-corrected chi connectivity index (χ2v) is 8.21. The lowest BCUT2D eigenvalue weighted by Crippen LogP contribution is -2.10. The predicted octanol–water partition coefficient (Wildman–Crippen LogP) is 5.09. The summed E-state index contributed by atoms with van der Waals surface area (Å²) in [5.41, 5.74) is 9.75. The third kappa shape index (κ3) is 3.98. The number of benzene rings is 3. The van der Waals surface area contributed by atoms with Gasteiger partial charge in [0.05, 0.1) is 12.1 Å². The van der Waals surface area contributed by atoms with Gasteiger partial charge in [0.1, 0.15) is 22.8 Å². The summed E-state index contributed by atoms with van der Waals surface area (Å²) < 4.78 is 11.3. The van der Waals surface area contributed by atoms with E-state index in [0.29, 0.717) is 11.3 Å². The molecule has 2 N–H and O–H groups in total. The van der Waals surface area contributed by atoms with Crippen LogP contribution in [0.4, 0.5) is 0 Å². The van der Waals surface area contributed by atoms with E-state index in [1.165, 1.54) is 11.3 Å². The molecule has 2 heterocycles. The van der Waals surface area contributed by atoms with E-state index in [1.54, 1.807) is 24.3 Å². The van der Waals surface area contributed by atoms with Gasteiger partial charge >= 0.3 is 5.97 Å². The van der Waals surface area contributed by atoms with Gasteiger partial charge in [0.2, 0.25) is 5.91 Å². The Bertz CT molecular complexity index is 1450. The largest absolute Gasteiger partial charge is 0.459 e. The normalized spacial score (nSPS) is 11.1. The summed E-state index contributed by atoms with van der Waals surface area (Å²) in [4.78, 5) is 28.1. The van der Waals surface area contributed by atoms with Gasteiger partial charge in [0.15, 0.2) is 0 Å². The molecular weight excluding hydrogens is 424 g/mol. The number of furan rings is 1. The Kier molecular flexibility index (Phi) is 5.17. The van der Waals surface area contributed by atoms with E-state index in [0.717, 1.165) is 38.1 Å². The number of rotatable bonds is 6. The number of hydrogen-bond donors (Lipinski definition) is 1. The van der Waals surface area contributed by atoms with Gasteiger partial charge in [-0.15, -0.1) is 11.3 Å². The monoisotopic (exact) mass is 442 g/mol. The average Bonchev–Trinajstić information content (AvgIpc) is 3.42. The Morgan fingerprint density at radius 1 is 0.969 bits per heavy atom. The number of esters is 1. The topological polar surface area (TPSA) is 95.4 Å². The van der Waals surface area contributed by atoms with Crippen molar-refractivity contribution in [2.24, 2.45) is 5.73 Å². The van der Waals surface area contributed by atoms with Crippen molar-refractivity contribution < 1.29 is 18.7 Å². The zero-order valence-corrected chi connectivity index (χ0v) is 17.7. The molecule has 0 aliphatic carbocycles. The van der Waals surface area contributed by atoms with E-state index < -0.39 is 5.91 Å². The number of primary amides is 1. The number of para-hydroxylation sites is 1. The quantitative estimate of drug-likeness (QED) is 0.369. The number of amides is 1. The first-order chi connectivity index (χ1) is 15.6. The van der Waals surface area contributed by atoms with Gasteiger partial charge in [-0.05, 0) is 35.9 Å². The summed E-state index contributed by atoms with van der Waals surface area (Å²) in [6.45, 7) is 0.103. The van der Waals surface area contributed by atoms with Crippen LogP contribution in [-0.2, 0) is 22.6 Å². The molecule has 7 heteroatoms. The molecule has 0 spiro atoms. The first-order valence-corrected chi connectivity index (χ1v) is 10.9. The molecular formula is C25H18N2O4S. The van der Waals surface area contributed by atoms with E-state index in [1.807, 2.05) is 47.8 Å². The molecule has 0 bridgehead atoms. The number of fused-ring (bicyclic) bond motifs is 3. The summed E-state index contributed by atoms with van der Waals surface area (Å²) >= 11 is 1.45. The van der Waals surface area contributed by atoms with Crippen LogP contribution >= 0.6 is 11.3 Å². The molecule has 32 heavy (non-hydrogen) atoms. The number of aromatic nitrogens is 1. The zero-order chi connectivity index (χ0) is 22.1. The van der Waals surface area contributed by atoms with Crippen LogP contribution in [0, 0.1) is 0 Å². The van der Waals surface area contributed by atoms with Crippen LogP contribution in [0.25, 0.3) is 32.5 Å². The van der Waals surface area contributed by atoms with Crippen LogP contribution in [0.1, 0.15) is 21.6 Å². The Labute approximate surface area is 187 Å². The van der Waals surface area contributed by atoms with Crippen LogP contribution in [0.15, 0.2) is 76.5 Å². The van der Waals surface area contributed by atoms with Crippen molar-refractivity contribution in [1.29, 1.82) is 0 Å². The van der Waals surface area contributed by atoms with Crippen molar-refractivity contribution in [3.8, 4) is 10.6 Å². The lowest BCUT2D eigenvalue weighted by atomic mass is 10.1. The number of nitrogens with zero attached hydrogens (tertiary/aromatic N) is 1. The second-order valence-electron chi connectivity index (χ2n) is 7.35. The van der Waals surface area contributed by atoms with Crippen LogP contribution in [0.2, 0.25) is 0 Å². The zero-order valence-electron chi connectivity index (χ0n) is 16.9. The van der Waals surface area contributed by atoms with Gasteiger partial charge < -0.3 is 14.9 Å². The first kappa shape index (κ1) is 20.0. The second kappa shape index (κ2) is 8.28. The molecule has 3 aromatic carbocycles. The molecule has 0 saturated heterocycles. The van der Waals surface area contributed by atoms with Crippen molar-refractivity contribution in [3.63, 3.8) is 0 Å². The highest BCUT2D eigenvalue weighted by Crippen LogP contribution is 2.29. The third-order valence-electron chi connectivity index (χ3n) is 5.14. The summed E-state index contributed by atoms with van der Waals surface area (Å²) in [5, 5.41) is 4.65. The van der Waals surface area contributed by atoms with Crippen molar-refractivity contribution in [1.82, 2.24) is 4.98 Å². The van der Waals surface area contributed by atoms with Gasteiger partial charge in [-0.25, -0.2) is 4.98 Å². The minimum Gasteiger partial charge on any atom is -0.459 e. The van der Waals surface area contributed by atoms with Gasteiger partial charge in [0, 0.05) is 27.3 Å². The number of carbonyl (C=O) groups excluding carboxylic acids is 2. The summed E-state index contributed by atoms with van der Waals surface area (Å²) in [6, 6.07) is 20.5. The Morgan fingerprint density at radius 2 is 1.75 bits per heavy atom. The van der Waals surface area contributed by atoms with E-state index in [-0.39, 0.29) is 19.0 Å². The molecule has 5 aromatic rings. The van der Waals surface area contributed by atoms with Gasteiger partial charge in [-0.1, -0.05) is 36.4 Å². The Hall–Kier alpha value is -3.97. The van der Waals surface area contributed by atoms with Crippen molar-refractivity contribution in [3.05, 3.63) is 88.9 Å². The summed E-state index contributed by atoms with van der Waals surface area (Å²) in [7, 11) is 0. The molecule has 5 rings (SSSR count). The number of ether oxygens (including phenoxy) is 1. The van der Waals surface area contributed by atoms with E-state index in [4.69, 9.17) is 14.9 Å². The van der Waals surface area contributed by atoms with Crippen LogP contribution in [-0.4, -0.2) is 16.9 Å². The van der Waals surface area contributed by atoms with Crippen LogP contribution in [0.5, 0.6) is 0 Å². The maximum absolute atomic E-state index is 12.4. The van der Waals surface area contributed by atoms with E-state index in [9.17, 15) is 9.59 Å². The highest BCUT2D eigenvalue weighted by Gasteiger charge is 2.12. The number of thiazole rings is 1. The molecule has 6 nitrogen and oxygen atoms in total. The van der Waals surface area contributed by atoms with Crippen LogP contribution in [0.3, 0.4) is 0 Å². The molecule has 0 atom stereocenters. The highest BCUT2D eigenvalue weighted by molar-refractivity contribution is 7.13. The average molecular weight is 442 g/mol. The maximum atomic E-state index is 12.4. The third-order valence-corrected chi connectivity index (χ3v) is 6.08. The van der Waals surface area contributed by atoms with Crippen molar-refractivity contribution >= 4 is 45.2 Å². The first-order valence-electron chi connectivity index (χ1n) is 9.97.